The lowest BCUT2D eigenvalue weighted by atomic mass is 10.0. The van der Waals surface area contributed by atoms with Crippen LogP contribution < -0.4 is 5.56 Å². The molecule has 0 atom stereocenters. The molecule has 3 rings (SSSR count). The van der Waals surface area contributed by atoms with Crippen molar-refractivity contribution in [1.82, 2.24) is 9.97 Å². The van der Waals surface area contributed by atoms with Crippen LogP contribution in [0.1, 0.15) is 27.3 Å². The van der Waals surface area contributed by atoms with Gasteiger partial charge in [0.05, 0.1) is 16.5 Å². The molecule has 1 aromatic heterocycles. The van der Waals surface area contributed by atoms with Crippen LogP contribution in [0, 0.1) is 6.92 Å². The molecule has 5 nitrogen and oxygen atoms in total. The van der Waals surface area contributed by atoms with E-state index in [1.165, 1.54) is 0 Å². The molecule has 0 unspecified atom stereocenters. The number of hydrogen-bond acceptors (Lipinski definition) is 3. The van der Waals surface area contributed by atoms with Crippen LogP contribution in [0.15, 0.2) is 47.3 Å². The monoisotopic (exact) mass is 294 g/mol. The van der Waals surface area contributed by atoms with Gasteiger partial charge in [-0.1, -0.05) is 24.3 Å². The minimum atomic E-state index is -0.991. The molecule has 22 heavy (non-hydrogen) atoms. The van der Waals surface area contributed by atoms with Gasteiger partial charge in [0, 0.05) is 6.42 Å². The molecule has 0 aliphatic rings. The van der Waals surface area contributed by atoms with E-state index in [9.17, 15) is 14.7 Å². The molecule has 5 heteroatoms. The Hall–Kier alpha value is -2.95. The van der Waals surface area contributed by atoms with E-state index in [4.69, 9.17) is 0 Å². The van der Waals surface area contributed by atoms with Gasteiger partial charge in [-0.05, 0) is 36.2 Å². The first kappa shape index (κ1) is 14.0. The second-order valence-corrected chi connectivity index (χ2v) is 5.17. The van der Waals surface area contributed by atoms with Crippen LogP contribution in [0.2, 0.25) is 0 Å². The summed E-state index contributed by atoms with van der Waals surface area (Å²) in [5.74, 6) is -0.536. The topological polar surface area (TPSA) is 83.0 Å². The number of carbonyl (C=O) groups is 1. The summed E-state index contributed by atoms with van der Waals surface area (Å²) in [6.07, 6.45) is 0.265. The van der Waals surface area contributed by atoms with E-state index in [-0.39, 0.29) is 17.5 Å². The zero-order chi connectivity index (χ0) is 15.7. The zero-order valence-corrected chi connectivity index (χ0v) is 12.0. The summed E-state index contributed by atoms with van der Waals surface area (Å²) in [6, 6.07) is 12.2. The second kappa shape index (κ2) is 5.44. The van der Waals surface area contributed by atoms with E-state index in [0.717, 1.165) is 5.56 Å². The number of nitrogens with one attached hydrogen (secondary N) is 1. The molecule has 0 bridgehead atoms. The number of nitrogens with zero attached hydrogens (tertiary/aromatic N) is 1. The van der Waals surface area contributed by atoms with Crippen molar-refractivity contribution >= 4 is 16.9 Å². The lowest BCUT2D eigenvalue weighted by Gasteiger charge is -2.06. The first-order valence-electron chi connectivity index (χ1n) is 6.85. The van der Waals surface area contributed by atoms with Crippen molar-refractivity contribution in [3.05, 3.63) is 75.3 Å². The fourth-order valence-electron chi connectivity index (χ4n) is 2.45. The molecule has 1 heterocycles. The third-order valence-corrected chi connectivity index (χ3v) is 3.52. The molecule has 0 aliphatic carbocycles. The zero-order valence-electron chi connectivity index (χ0n) is 12.0. The number of aryl methyl sites for hydroxylation is 1. The number of fused-ring (bicyclic) bond motifs is 1. The summed E-state index contributed by atoms with van der Waals surface area (Å²) in [4.78, 5) is 30.5. The van der Waals surface area contributed by atoms with Crippen molar-refractivity contribution in [2.24, 2.45) is 0 Å². The molecule has 0 spiro atoms. The van der Waals surface area contributed by atoms with Crippen molar-refractivity contribution in [2.75, 3.05) is 0 Å². The Balaban J connectivity index is 2.08. The Bertz CT molecular complexity index is 929. The quantitative estimate of drug-likeness (QED) is 0.777. The van der Waals surface area contributed by atoms with Gasteiger partial charge in [0.2, 0.25) is 0 Å². The Kier molecular flexibility index (Phi) is 3.47. The average Bonchev–Trinajstić information content (AvgIpc) is 2.47. The van der Waals surface area contributed by atoms with Gasteiger partial charge in [0.1, 0.15) is 5.82 Å². The van der Waals surface area contributed by atoms with Crippen molar-refractivity contribution in [1.29, 1.82) is 0 Å². The number of aromatic nitrogens is 2. The molecule has 0 radical (unpaired) electrons. The highest BCUT2D eigenvalue weighted by atomic mass is 16.4. The fraction of sp³-hybridized carbons (Fsp3) is 0.118. The number of aromatic amines is 1. The normalized spacial score (nSPS) is 10.8. The van der Waals surface area contributed by atoms with Gasteiger partial charge >= 0.3 is 5.97 Å². The minimum Gasteiger partial charge on any atom is -0.478 e. The predicted molar refractivity (Wildman–Crippen MR) is 83.3 cm³/mol. The molecule has 0 fully saturated rings. The van der Waals surface area contributed by atoms with E-state index >= 15 is 0 Å². The maximum atomic E-state index is 12.1. The first-order chi connectivity index (χ1) is 10.5. The van der Waals surface area contributed by atoms with Gasteiger partial charge in [-0.15, -0.1) is 0 Å². The highest BCUT2D eigenvalue weighted by molar-refractivity contribution is 5.89. The average molecular weight is 294 g/mol. The summed E-state index contributed by atoms with van der Waals surface area (Å²) >= 11 is 0. The van der Waals surface area contributed by atoms with Crippen LogP contribution in [-0.4, -0.2) is 21.0 Å². The largest absolute Gasteiger partial charge is 0.478 e. The summed E-state index contributed by atoms with van der Waals surface area (Å²) < 4.78 is 0. The molecule has 110 valence electrons. The summed E-state index contributed by atoms with van der Waals surface area (Å²) in [7, 11) is 0. The number of aromatic carboxylic acids is 1. The van der Waals surface area contributed by atoms with E-state index in [0.29, 0.717) is 22.3 Å². The highest BCUT2D eigenvalue weighted by Gasteiger charge is 2.11. The number of carboxylic acid groups (broad SMARTS) is 1. The molecule has 0 saturated carbocycles. The highest BCUT2D eigenvalue weighted by Crippen LogP contribution is 2.14. The molecule has 0 amide bonds. The van der Waals surface area contributed by atoms with E-state index in [2.05, 4.69) is 9.97 Å². The van der Waals surface area contributed by atoms with Crippen molar-refractivity contribution in [3.63, 3.8) is 0 Å². The van der Waals surface area contributed by atoms with Crippen LogP contribution in [0.25, 0.3) is 10.9 Å². The van der Waals surface area contributed by atoms with Gasteiger partial charge in [-0.2, -0.15) is 0 Å². The lowest BCUT2D eigenvalue weighted by molar-refractivity contribution is 0.0696. The standard InChI is InChI=1S/C17H14N2O3/c1-10-6-7-13-14(8-10)18-15(19-16(13)20)9-11-4-2-3-5-12(11)17(21)22/h2-8H,9H2,1H3,(H,21,22)(H,18,19,20). The van der Waals surface area contributed by atoms with E-state index < -0.39 is 5.97 Å². The van der Waals surface area contributed by atoms with Crippen LogP contribution >= 0.6 is 0 Å². The number of carboxylic acids is 1. The summed E-state index contributed by atoms with van der Waals surface area (Å²) in [6.45, 7) is 1.93. The number of rotatable bonds is 3. The van der Waals surface area contributed by atoms with Crippen LogP contribution in [0.3, 0.4) is 0 Å². The molecule has 2 N–H and O–H groups in total. The second-order valence-electron chi connectivity index (χ2n) is 5.17. The number of hydrogen-bond donors (Lipinski definition) is 2. The Labute approximate surface area is 126 Å². The van der Waals surface area contributed by atoms with Gasteiger partial charge in [-0.25, -0.2) is 9.78 Å². The molecule has 0 saturated heterocycles. The Morgan fingerprint density at radius 2 is 2.00 bits per heavy atom. The van der Waals surface area contributed by atoms with Gasteiger partial charge in [0.25, 0.3) is 5.56 Å². The summed E-state index contributed by atoms with van der Waals surface area (Å²) in [5.41, 5.74) is 2.25. The third kappa shape index (κ3) is 2.61. The third-order valence-electron chi connectivity index (χ3n) is 3.52. The fourth-order valence-corrected chi connectivity index (χ4v) is 2.45. The molecular formula is C17H14N2O3. The smallest absolute Gasteiger partial charge is 0.335 e. The van der Waals surface area contributed by atoms with Crippen LogP contribution in [-0.2, 0) is 6.42 Å². The maximum absolute atomic E-state index is 12.1. The summed E-state index contributed by atoms with van der Waals surface area (Å²) in [5, 5.41) is 9.74. The SMILES string of the molecule is Cc1ccc2c(=O)[nH]c(Cc3ccccc3C(=O)O)nc2c1. The Morgan fingerprint density at radius 3 is 2.77 bits per heavy atom. The molecule has 3 aromatic rings. The van der Waals surface area contributed by atoms with Crippen LogP contribution in [0.5, 0.6) is 0 Å². The Morgan fingerprint density at radius 1 is 1.23 bits per heavy atom. The van der Waals surface area contributed by atoms with Gasteiger partial charge in [-0.3, -0.25) is 4.79 Å². The first-order valence-corrected chi connectivity index (χ1v) is 6.85. The van der Waals surface area contributed by atoms with Crippen molar-refractivity contribution in [2.45, 2.75) is 13.3 Å². The van der Waals surface area contributed by atoms with Gasteiger partial charge < -0.3 is 10.1 Å². The van der Waals surface area contributed by atoms with Gasteiger partial charge in [0.15, 0.2) is 0 Å². The molecular weight excluding hydrogens is 280 g/mol. The number of benzene rings is 2. The predicted octanol–water partition coefficient (Wildman–Crippen LogP) is 2.52. The molecule has 2 aromatic carbocycles. The van der Waals surface area contributed by atoms with Crippen molar-refractivity contribution in [3.8, 4) is 0 Å². The maximum Gasteiger partial charge on any atom is 0.335 e. The number of H-pyrrole nitrogens is 1. The minimum absolute atomic E-state index is 0.215. The van der Waals surface area contributed by atoms with E-state index in [1.807, 2.05) is 19.1 Å². The van der Waals surface area contributed by atoms with Crippen LogP contribution in [0.4, 0.5) is 0 Å². The van der Waals surface area contributed by atoms with E-state index in [1.54, 1.807) is 30.3 Å². The van der Waals surface area contributed by atoms with Crippen molar-refractivity contribution < 1.29 is 9.90 Å². The molecule has 0 aliphatic heterocycles. The lowest BCUT2D eigenvalue weighted by Crippen LogP contribution is -2.13.